The molecule has 0 saturated heterocycles. The van der Waals surface area contributed by atoms with Crippen molar-refractivity contribution < 1.29 is 42.1 Å². The first kappa shape index (κ1) is 37.8. The van der Waals surface area contributed by atoms with E-state index in [1.54, 1.807) is 6.92 Å². The molecule has 0 bridgehead atoms. The van der Waals surface area contributed by atoms with Crippen LogP contribution in [-0.2, 0) is 42.1 Å². The number of allylic oxidation sites excluding steroid dienone is 3. The van der Waals surface area contributed by atoms with Gasteiger partial charge in [0.25, 0.3) is 0 Å². The van der Waals surface area contributed by atoms with E-state index in [1.165, 1.54) is 6.08 Å². The van der Waals surface area contributed by atoms with E-state index in [4.69, 9.17) is 19.7 Å². The zero-order chi connectivity index (χ0) is 17.0. The van der Waals surface area contributed by atoms with Crippen LogP contribution in [0.2, 0.25) is 0 Å². The molecular formula is C20H32W2. The third-order valence-electron chi connectivity index (χ3n) is 1.40. The molecule has 0 radical (unpaired) electrons. The van der Waals surface area contributed by atoms with E-state index in [2.05, 4.69) is 6.07 Å². The van der Waals surface area contributed by atoms with Crippen LogP contribution < -0.4 is 0 Å². The molecule has 0 amide bonds. The Morgan fingerprint density at radius 1 is 0.909 bits per heavy atom. The van der Waals surface area contributed by atoms with Gasteiger partial charge in [-0.25, -0.2) is 12.1 Å². The summed E-state index contributed by atoms with van der Waals surface area (Å²) in [7, 11) is 0. The Morgan fingerprint density at radius 3 is 1.41 bits per heavy atom. The molecule has 22 heavy (non-hydrogen) atoms. The van der Waals surface area contributed by atoms with Gasteiger partial charge in [0.2, 0.25) is 0 Å². The largest absolute Gasteiger partial charge is 2.00 e. The van der Waals surface area contributed by atoms with E-state index in [9.17, 15) is 0 Å². The van der Waals surface area contributed by atoms with Crippen molar-refractivity contribution in [3.05, 3.63) is 67.3 Å². The van der Waals surface area contributed by atoms with Gasteiger partial charge in [0, 0.05) is 0 Å². The minimum Gasteiger partial charge on any atom is -0.394 e. The van der Waals surface area contributed by atoms with E-state index in [1.807, 2.05) is 72.7 Å². The number of rotatable bonds is 2. The van der Waals surface area contributed by atoms with Crippen LogP contribution in [0.5, 0.6) is 0 Å². The monoisotopic (exact) mass is 640 g/mol. The minimum atomic E-state index is 0. The minimum absolute atomic E-state index is 0. The van der Waals surface area contributed by atoms with Crippen LogP contribution in [0.15, 0.2) is 35.9 Å². The molecule has 1 rings (SSSR count). The van der Waals surface area contributed by atoms with Gasteiger partial charge in [-0.1, -0.05) is 41.5 Å². The van der Waals surface area contributed by atoms with E-state index in [0.29, 0.717) is 5.57 Å². The van der Waals surface area contributed by atoms with Crippen molar-refractivity contribution >= 4 is 5.57 Å². The van der Waals surface area contributed by atoms with Crippen LogP contribution >= 0.6 is 0 Å². The predicted octanol–water partition coefficient (Wildman–Crippen LogP) is 6.75. The average Bonchev–Trinajstić information content (AvgIpc) is 2.54. The zero-order valence-electron chi connectivity index (χ0n) is 15.4. The molecular weight excluding hydrogens is 608 g/mol. The van der Waals surface area contributed by atoms with Gasteiger partial charge >= 0.3 is 42.1 Å². The van der Waals surface area contributed by atoms with Crippen molar-refractivity contribution in [3.8, 4) is 0 Å². The molecule has 0 spiro atoms. The summed E-state index contributed by atoms with van der Waals surface area (Å²) in [4.78, 5) is 0. The van der Waals surface area contributed by atoms with Crippen LogP contribution in [0.1, 0.15) is 61.0 Å². The first-order valence-electron chi connectivity index (χ1n) is 7.28. The molecule has 0 unspecified atom stereocenters. The van der Waals surface area contributed by atoms with E-state index in [0.717, 1.165) is 11.1 Å². The summed E-state index contributed by atoms with van der Waals surface area (Å²) in [6.07, 6.45) is 1.36. The van der Waals surface area contributed by atoms with Crippen LogP contribution in [0.25, 0.3) is 5.57 Å². The molecule has 0 aliphatic rings. The fourth-order valence-corrected chi connectivity index (χ4v) is 0.639. The second kappa shape index (κ2) is 37.2. The van der Waals surface area contributed by atoms with Crippen molar-refractivity contribution in [2.75, 3.05) is 0 Å². The molecule has 124 valence electrons. The molecule has 1 aromatic rings. The van der Waals surface area contributed by atoms with Gasteiger partial charge in [-0.05, 0) is 0 Å². The van der Waals surface area contributed by atoms with Gasteiger partial charge in [0.05, 0.1) is 0 Å². The molecule has 0 aromatic heterocycles. The molecule has 1 aromatic carbocycles. The molecule has 0 N–H and O–H groups in total. The standard InChI is InChI=1S/C9H8.C5H6.3C2H6.2W/c1-8(2)9-6-4-3-5-7-9;1-4-5(2)3;3*1-2;;/h1,3-6H,2H3;1-2,4H,3H3;3*1-2H3;;/q2*-2;;;;2*+2. The second-order valence-corrected chi connectivity index (χ2v) is 2.87. The normalized spacial score (nSPS) is 6.00. The molecule has 0 aliphatic heterocycles. The summed E-state index contributed by atoms with van der Waals surface area (Å²) < 4.78 is 0. The molecule has 2 heteroatoms. The smallest absolute Gasteiger partial charge is 0.394 e. The molecule has 0 aliphatic carbocycles. The maximum absolute atomic E-state index is 5.50. The number of benzene rings is 1. The van der Waals surface area contributed by atoms with E-state index in [-0.39, 0.29) is 42.1 Å². The Labute approximate surface area is 169 Å². The summed E-state index contributed by atoms with van der Waals surface area (Å²) >= 11 is 0. The first-order valence-corrected chi connectivity index (χ1v) is 7.28. The van der Waals surface area contributed by atoms with Gasteiger partial charge in [0.15, 0.2) is 0 Å². The van der Waals surface area contributed by atoms with Crippen molar-refractivity contribution in [1.29, 1.82) is 0 Å². The van der Waals surface area contributed by atoms with Crippen molar-refractivity contribution in [1.82, 2.24) is 0 Å². The van der Waals surface area contributed by atoms with Crippen LogP contribution in [0.3, 0.4) is 0 Å². The third-order valence-corrected chi connectivity index (χ3v) is 1.40. The Hall–Kier alpha value is -0.183. The summed E-state index contributed by atoms with van der Waals surface area (Å²) in [5.41, 5.74) is 2.46. The van der Waals surface area contributed by atoms with Gasteiger partial charge < -0.3 is 42.5 Å². The molecule has 0 nitrogen and oxygen atoms in total. The van der Waals surface area contributed by atoms with Crippen molar-refractivity contribution in [2.24, 2.45) is 0 Å². The second-order valence-electron chi connectivity index (χ2n) is 2.87. The molecule has 0 atom stereocenters. The topological polar surface area (TPSA) is 0 Å². The van der Waals surface area contributed by atoms with Gasteiger partial charge in [-0.2, -0.15) is 12.1 Å². The van der Waals surface area contributed by atoms with Crippen molar-refractivity contribution in [2.45, 2.75) is 55.4 Å². The molecule has 0 heterocycles. The first-order chi connectivity index (χ1) is 9.57. The van der Waals surface area contributed by atoms with Crippen LogP contribution in [0.4, 0.5) is 0 Å². The summed E-state index contributed by atoms with van der Waals surface area (Å²) in [6, 6.07) is 10.7. The van der Waals surface area contributed by atoms with Crippen LogP contribution in [0, 0.1) is 25.8 Å². The third kappa shape index (κ3) is 36.8. The van der Waals surface area contributed by atoms with Crippen LogP contribution in [-0.4, -0.2) is 0 Å². The predicted molar refractivity (Wildman–Crippen MR) is 95.1 cm³/mol. The van der Waals surface area contributed by atoms with Gasteiger partial charge in [-0.15, -0.1) is 19.9 Å². The Morgan fingerprint density at radius 2 is 1.27 bits per heavy atom. The Kier molecular flexibility index (Phi) is 64.0. The number of hydrogen-bond acceptors (Lipinski definition) is 0. The van der Waals surface area contributed by atoms with Gasteiger partial charge in [0.1, 0.15) is 0 Å². The number of hydrogen-bond donors (Lipinski definition) is 0. The summed E-state index contributed by atoms with van der Waals surface area (Å²) in [5.74, 6) is 0. The summed E-state index contributed by atoms with van der Waals surface area (Å²) in [5, 5.41) is 0. The Bertz CT molecular complexity index is 314. The quantitative estimate of drug-likeness (QED) is 0.248. The SMILES string of the molecule is CC.CC.CC.[CH-]=C(C)c1[c-]cccc1.[CH-]=CC(=[CH-])C.[W+2].[W+2]. The maximum atomic E-state index is 5.50. The van der Waals surface area contributed by atoms with Crippen molar-refractivity contribution in [3.63, 3.8) is 0 Å². The average molecular weight is 640 g/mol. The fraction of sp³-hybridized carbons (Fsp3) is 0.400. The molecule has 0 saturated carbocycles. The zero-order valence-corrected chi connectivity index (χ0v) is 21.3. The Balaban J connectivity index is -0.0000000431. The summed E-state index contributed by atoms with van der Waals surface area (Å²) in [6.45, 7) is 31.0. The van der Waals surface area contributed by atoms with Gasteiger partial charge in [-0.3, -0.25) is 0 Å². The fourth-order valence-electron chi connectivity index (χ4n) is 0.639. The van der Waals surface area contributed by atoms with E-state index < -0.39 is 0 Å². The molecule has 0 fully saturated rings. The maximum Gasteiger partial charge on any atom is 2.00 e. The van der Waals surface area contributed by atoms with E-state index >= 15 is 0 Å².